The van der Waals surface area contributed by atoms with Gasteiger partial charge in [-0.2, -0.15) is 0 Å². The quantitative estimate of drug-likeness (QED) is 0.00937. The van der Waals surface area contributed by atoms with Crippen molar-refractivity contribution in [3.05, 3.63) is 196 Å². The monoisotopic (exact) mass is 2130 g/mol. The van der Waals surface area contributed by atoms with Gasteiger partial charge in [0.15, 0.2) is 0 Å². The van der Waals surface area contributed by atoms with Crippen molar-refractivity contribution < 1.29 is 51.5 Å². The molecule has 1 N–H and O–H groups in total. The van der Waals surface area contributed by atoms with Crippen LogP contribution in [-0.2, 0) is 94.9 Å². The second kappa shape index (κ2) is 51.0. The summed E-state index contributed by atoms with van der Waals surface area (Å²) in [5.74, 6) is -1.16. The fraction of sp³-hybridized carbons (Fsp3) is 0.548. The zero-order valence-electron chi connectivity index (χ0n) is 87.3. The number of carboxylic acids is 1. The predicted octanol–water partition coefficient (Wildman–Crippen LogP) is 16.6. The number of unbranched alkanes of at least 4 members (excludes halogenated alkanes) is 11. The Morgan fingerprint density at radius 1 is 0.380 bits per heavy atom. The molecule has 0 spiro atoms. The largest absolute Gasteiger partial charge is 0.748 e. The summed E-state index contributed by atoms with van der Waals surface area (Å²) in [4.78, 5) is 70.6. The molecule has 0 unspecified atom stereocenters. The van der Waals surface area contributed by atoms with Crippen LogP contribution in [0.1, 0.15) is 234 Å². The first-order valence-corrected chi connectivity index (χ1v) is 66.1. The number of esters is 3. The number of halogens is 2. The Kier molecular flexibility index (Phi) is 39.1. The molecule has 0 atom stereocenters. The van der Waals surface area contributed by atoms with Crippen molar-refractivity contribution in [2.24, 2.45) is 9.98 Å². The highest BCUT2D eigenvalue weighted by molar-refractivity contribution is 9.10. The highest BCUT2D eigenvalue weighted by Gasteiger charge is 2.41. The highest BCUT2D eigenvalue weighted by Crippen LogP contribution is 2.38. The molecule has 27 heteroatoms. The molecule has 10 aliphatic heterocycles. The number of anilines is 6. The van der Waals surface area contributed by atoms with E-state index >= 15 is 0 Å². The predicted molar refractivity (Wildman–Crippen MR) is 598 cm³/mol. The molecule has 10 heterocycles. The lowest BCUT2D eigenvalue weighted by Gasteiger charge is -2.30. The molecule has 142 heavy (non-hydrogen) atoms. The van der Waals surface area contributed by atoms with E-state index in [9.17, 15) is 32.1 Å². The summed E-state index contributed by atoms with van der Waals surface area (Å²) in [6.07, 6.45) is 30.9. The van der Waals surface area contributed by atoms with Crippen molar-refractivity contribution in [2.45, 2.75) is 280 Å². The van der Waals surface area contributed by atoms with Crippen molar-refractivity contribution in [2.75, 3.05) is 160 Å². The Labute approximate surface area is 866 Å². The van der Waals surface area contributed by atoms with Crippen LogP contribution in [0, 0.1) is 0 Å². The molecule has 18 rings (SSSR count). The number of carbonyl (C=O) groups is 4. The van der Waals surface area contributed by atoms with Gasteiger partial charge in [0, 0.05) is 202 Å². The molecule has 0 bridgehead atoms. The molecule has 0 saturated heterocycles. The summed E-state index contributed by atoms with van der Waals surface area (Å²) in [5.41, 5.74) is 22.4. The third kappa shape index (κ3) is 27.7. The zero-order chi connectivity index (χ0) is 101. The van der Waals surface area contributed by atoms with Gasteiger partial charge in [0.25, 0.3) is 0 Å². The van der Waals surface area contributed by atoms with E-state index in [0.717, 1.165) is 215 Å². The van der Waals surface area contributed by atoms with Gasteiger partial charge in [-0.3, -0.25) is 19.2 Å². The van der Waals surface area contributed by atoms with Crippen molar-refractivity contribution in [1.29, 1.82) is 0 Å². The standard InChI is InChI=1S/C30H42N3O2Si.C30H44N2O2Si.C28H37N3O2Si.C16H22BrNO2.C11H14BrNO3S/c1-5-7-14-32-16-12-22-18-24-28(20-26(22)32)36(3,4)29-21-27-23(19-25(29)31-24)13-17-33(27)15-10-8-9-11-30(34)35-6-2;1-5-7-18-31-20-16-24-12-14-26(22-28(24)31)35(3,4)27-15-13-25-17-21-32(29(25)23-27)19-10-8-9-11-30(33)34-6-2;1-4-5-12-30-14-10-20-16-22-26(18-24(20)30)34(2,3)27-19-25-21(17-23(27)29-22)11-15-31(25)13-8-6-7-9-28(32)33;1-2-20-16(19)6-4-3-5-10-18-11-9-13-7-8-14(17)12-15(13)18;12-10-3-2-9-4-6-13(11(9)8-10)5-1-7-17(14,15)16/h18-21H,5-17H2,1-4H3;12-15,22-23H,5-11,16-21H2,1-4H3;16-19H,4-15H2,1-3H3;7-8,12H,2-6,9-11H2,1H3;2-3,8H,1,4-7H2,(H,14,15,16)/q+1;;;;. The maximum absolute atomic E-state index is 11.6. The third-order valence-corrected chi connectivity index (χ3v) is 43.2. The number of benzene rings is 8. The van der Waals surface area contributed by atoms with Crippen LogP contribution in [-0.4, -0.2) is 196 Å². The minimum Gasteiger partial charge on any atom is -0.748 e. The smallest absolute Gasteiger partial charge is 0.305 e. The van der Waals surface area contributed by atoms with Gasteiger partial charge >= 0.3 is 23.9 Å². The normalized spacial score (nSPS) is 15.7. The van der Waals surface area contributed by atoms with Gasteiger partial charge in [0.1, 0.15) is 50.4 Å². The summed E-state index contributed by atoms with van der Waals surface area (Å²) in [7, 11) is -9.64. The molecular weight excluding hydrogens is 1970 g/mol. The summed E-state index contributed by atoms with van der Waals surface area (Å²) in [6, 6.07) is 46.8. The van der Waals surface area contributed by atoms with Gasteiger partial charge in [0.05, 0.1) is 52.0 Å². The van der Waals surface area contributed by atoms with E-state index in [0.29, 0.717) is 52.0 Å². The zero-order valence-corrected chi connectivity index (χ0v) is 94.3. The second-order valence-electron chi connectivity index (χ2n) is 41.9. The van der Waals surface area contributed by atoms with Crippen molar-refractivity contribution in [1.82, 2.24) is 9.15 Å². The molecule has 0 aromatic heterocycles. The van der Waals surface area contributed by atoms with Crippen molar-refractivity contribution >= 4 is 167 Å². The van der Waals surface area contributed by atoms with Gasteiger partial charge in [0.2, 0.25) is 10.7 Å². The van der Waals surface area contributed by atoms with Crippen LogP contribution in [0.2, 0.25) is 39.3 Å². The number of nitrogens with zero attached hydrogens (tertiary/aromatic N) is 10. The van der Waals surface area contributed by atoms with Crippen molar-refractivity contribution in [3.8, 4) is 0 Å². The number of hydrogen-bond acceptors (Lipinski definition) is 18. The molecule has 0 amide bonds. The molecule has 0 saturated carbocycles. The number of carbonyl (C=O) groups excluding carboxylic acids is 3. The number of carboxylic acid groups (broad SMARTS) is 1. The van der Waals surface area contributed by atoms with Gasteiger partial charge in [-0.15, -0.1) is 0 Å². The summed E-state index contributed by atoms with van der Waals surface area (Å²) in [6.45, 7) is 46.0. The molecule has 8 aromatic carbocycles. The number of fused-ring (bicyclic) bond motifs is 12. The van der Waals surface area contributed by atoms with Crippen LogP contribution in [0.4, 0.5) is 45.5 Å². The van der Waals surface area contributed by atoms with Gasteiger partial charge in [-0.25, -0.2) is 27.6 Å². The van der Waals surface area contributed by atoms with Crippen LogP contribution in [0.15, 0.2) is 140 Å². The minimum atomic E-state index is -4.09. The van der Waals surface area contributed by atoms with Gasteiger partial charge in [-0.1, -0.05) is 171 Å². The Hall–Kier alpha value is -8.84. The van der Waals surface area contributed by atoms with E-state index in [4.69, 9.17) is 29.3 Å². The SMILES string of the molecule is CCCCN1CCc2cc3c(cc21)[Si](C)(C)c1cc2c(cc1=N3)CC[N+]=2CCCCCC(=O)O.CCCCN1CCc2cc3c(cc21)[Si](C)(C)c1cc2c(cc1=N3)CC[N+]=2CCCCCC(=O)OCC.CCCCN1CCc2ccc([Si](C)(C)c3ccc4c(c3)N(CCCCCC(=O)OCC)CC4)cc21.CCOC(=O)CCCCCN1CCc2ccc(Br)cc21.O=S(=O)([O-])CCCN1CCc2ccc(Br)cc21. The van der Waals surface area contributed by atoms with Crippen LogP contribution in [0.5, 0.6) is 0 Å². The lowest BCUT2D eigenvalue weighted by molar-refractivity contribution is -0.144. The summed E-state index contributed by atoms with van der Waals surface area (Å²) >= 11 is 6.96. The van der Waals surface area contributed by atoms with E-state index in [1.54, 1.807) is 5.19 Å². The molecule has 0 fully saturated rings. The lowest BCUT2D eigenvalue weighted by Crippen LogP contribution is -2.62. The highest BCUT2D eigenvalue weighted by atomic mass is 79.9. The number of ether oxygens (including phenoxy) is 3. The van der Waals surface area contributed by atoms with E-state index in [2.05, 4.69) is 240 Å². The average molecular weight is 2130 g/mol. The number of hydrogen-bond donors (Lipinski definition) is 1. The van der Waals surface area contributed by atoms with Crippen LogP contribution in [0.3, 0.4) is 0 Å². The molecule has 0 radical (unpaired) electrons. The maximum atomic E-state index is 11.6. The first-order chi connectivity index (χ1) is 68.4. The Morgan fingerprint density at radius 3 is 1.06 bits per heavy atom. The Morgan fingerprint density at radius 2 is 0.704 bits per heavy atom. The average Bonchev–Trinajstić information content (AvgIpc) is 1.40. The maximum Gasteiger partial charge on any atom is 0.305 e. The minimum absolute atomic E-state index is 0.0594. The molecule has 0 aliphatic carbocycles. The first kappa shape index (κ1) is 109. The third-order valence-electron chi connectivity index (χ3n) is 30.9. The Bertz CT molecular complexity index is 6200. The number of aliphatic carboxylic acids is 1. The van der Waals surface area contributed by atoms with Gasteiger partial charge < -0.3 is 53.3 Å². The summed E-state index contributed by atoms with van der Waals surface area (Å²) in [5, 5.41) is 23.1. The van der Waals surface area contributed by atoms with Crippen molar-refractivity contribution in [3.63, 3.8) is 0 Å². The topological polar surface area (TPSA) is 224 Å². The molecule has 766 valence electrons. The molecular formula is C115H159Br2N10O11SSi3+. The summed E-state index contributed by atoms with van der Waals surface area (Å²) < 4.78 is 53.8. The van der Waals surface area contributed by atoms with E-state index in [-0.39, 0.29) is 30.1 Å². The Balaban J connectivity index is 0.000000145. The van der Waals surface area contributed by atoms with Crippen LogP contribution in [0.25, 0.3) is 0 Å². The molecule has 21 nitrogen and oxygen atoms in total. The van der Waals surface area contributed by atoms with E-state index in [1.807, 2.05) is 32.9 Å². The van der Waals surface area contributed by atoms with Gasteiger partial charge in [-0.05, 0) is 263 Å². The van der Waals surface area contributed by atoms with Crippen LogP contribution >= 0.6 is 31.9 Å². The van der Waals surface area contributed by atoms with E-state index in [1.165, 1.54) is 196 Å². The fourth-order valence-electron chi connectivity index (χ4n) is 22.6. The molecule has 8 aromatic rings. The van der Waals surface area contributed by atoms with E-state index < -0.39 is 40.3 Å². The van der Waals surface area contributed by atoms with Crippen LogP contribution < -0.4 is 91.1 Å². The first-order valence-electron chi connectivity index (χ1n) is 54.0. The lowest BCUT2D eigenvalue weighted by atomic mass is 10.1. The fourth-order valence-corrected chi connectivity index (χ4v) is 31.7. The number of rotatable bonds is 42. The second-order valence-corrected chi connectivity index (χ2v) is 58.4. The molecule has 10 aliphatic rings.